The number of Topliss-reactive ketones (excluding diaryl/α,β-unsaturated/α-hetero) is 1. The first-order valence-corrected chi connectivity index (χ1v) is 7.03. The van der Waals surface area contributed by atoms with E-state index >= 15 is 0 Å². The van der Waals surface area contributed by atoms with Gasteiger partial charge in [0.05, 0.1) is 4.47 Å². The summed E-state index contributed by atoms with van der Waals surface area (Å²) >= 11 is 3.24. The maximum absolute atomic E-state index is 13.4. The summed E-state index contributed by atoms with van der Waals surface area (Å²) in [6, 6.07) is 6.77. The first-order valence-electron chi connectivity index (χ1n) is 6.23. The highest BCUT2D eigenvalue weighted by Crippen LogP contribution is 2.21. The van der Waals surface area contributed by atoms with E-state index in [4.69, 9.17) is 0 Å². The van der Waals surface area contributed by atoms with Gasteiger partial charge < -0.3 is 4.57 Å². The van der Waals surface area contributed by atoms with Crippen molar-refractivity contribution in [2.45, 2.75) is 26.3 Å². The lowest BCUT2D eigenvalue weighted by molar-refractivity contribution is 0.0981. The number of ketones is 1. The Bertz CT molecular complexity index is 592. The molecule has 0 amide bonds. The predicted molar refractivity (Wildman–Crippen MR) is 76.9 cm³/mol. The van der Waals surface area contributed by atoms with Crippen molar-refractivity contribution in [1.29, 1.82) is 0 Å². The van der Waals surface area contributed by atoms with E-state index in [1.54, 1.807) is 6.07 Å². The fourth-order valence-electron chi connectivity index (χ4n) is 1.94. The van der Waals surface area contributed by atoms with E-state index in [0.29, 0.717) is 17.4 Å². The van der Waals surface area contributed by atoms with Crippen molar-refractivity contribution in [3.8, 4) is 0 Å². The molecule has 0 atom stereocenters. The molecule has 0 saturated carbocycles. The summed E-state index contributed by atoms with van der Waals surface area (Å²) in [5.74, 6) is -0.119. The van der Waals surface area contributed by atoms with Crippen LogP contribution in [0.15, 0.2) is 41.1 Å². The van der Waals surface area contributed by atoms with Crippen molar-refractivity contribution < 1.29 is 9.18 Å². The topological polar surface area (TPSA) is 22.0 Å². The molecule has 2 nitrogen and oxygen atoms in total. The first kappa shape index (κ1) is 14.0. The van der Waals surface area contributed by atoms with Crippen LogP contribution in [0.2, 0.25) is 0 Å². The highest BCUT2D eigenvalue weighted by Gasteiger charge is 2.09. The first-order chi connectivity index (χ1) is 9.11. The summed E-state index contributed by atoms with van der Waals surface area (Å²) in [6.45, 7) is 2.52. The molecule has 0 bridgehead atoms. The van der Waals surface area contributed by atoms with Gasteiger partial charge in [0.2, 0.25) is 0 Å². The third kappa shape index (κ3) is 3.32. The summed E-state index contributed by atoms with van der Waals surface area (Å²) in [5.41, 5.74) is 1.57. The Morgan fingerprint density at radius 3 is 2.89 bits per heavy atom. The second kappa shape index (κ2) is 6.15. The highest BCUT2D eigenvalue weighted by atomic mass is 79.9. The molecule has 0 aliphatic heterocycles. The Morgan fingerprint density at radius 2 is 2.16 bits per heavy atom. The number of hydrogen-bond acceptors (Lipinski definition) is 1. The summed E-state index contributed by atoms with van der Waals surface area (Å²) in [6.07, 6.45) is 5.07. The van der Waals surface area contributed by atoms with Crippen LogP contribution in [-0.2, 0) is 6.54 Å². The number of aromatic nitrogens is 1. The second-order valence-corrected chi connectivity index (χ2v) is 5.25. The number of rotatable bonds is 5. The SMILES string of the molecule is CCCC(=O)c1ccn(Cc2cccc(F)c2Br)c1. The van der Waals surface area contributed by atoms with Gasteiger partial charge in [-0.3, -0.25) is 4.79 Å². The third-order valence-electron chi connectivity index (χ3n) is 2.93. The minimum absolute atomic E-state index is 0.152. The van der Waals surface area contributed by atoms with Crippen molar-refractivity contribution >= 4 is 21.7 Å². The zero-order valence-corrected chi connectivity index (χ0v) is 12.3. The minimum atomic E-state index is -0.271. The van der Waals surface area contributed by atoms with Crippen molar-refractivity contribution in [2.75, 3.05) is 0 Å². The molecule has 19 heavy (non-hydrogen) atoms. The molecule has 2 aromatic rings. The molecule has 0 spiro atoms. The maximum Gasteiger partial charge on any atom is 0.164 e. The van der Waals surface area contributed by atoms with Crippen LogP contribution in [0.25, 0.3) is 0 Å². The van der Waals surface area contributed by atoms with Crippen LogP contribution in [0.3, 0.4) is 0 Å². The van der Waals surface area contributed by atoms with Crippen molar-refractivity contribution in [3.05, 3.63) is 58.1 Å². The molecule has 2 rings (SSSR count). The third-order valence-corrected chi connectivity index (χ3v) is 3.82. The average molecular weight is 324 g/mol. The lowest BCUT2D eigenvalue weighted by Crippen LogP contribution is -2.00. The van der Waals surface area contributed by atoms with Crippen molar-refractivity contribution in [3.63, 3.8) is 0 Å². The van der Waals surface area contributed by atoms with Gasteiger partial charge in [0.25, 0.3) is 0 Å². The number of halogens is 2. The van der Waals surface area contributed by atoms with Crippen LogP contribution in [0, 0.1) is 5.82 Å². The molecular formula is C15H15BrFNO. The van der Waals surface area contributed by atoms with Gasteiger partial charge in [0.1, 0.15) is 5.82 Å². The molecule has 0 aliphatic rings. The fourth-order valence-corrected chi connectivity index (χ4v) is 2.33. The van der Waals surface area contributed by atoms with E-state index in [2.05, 4.69) is 15.9 Å². The van der Waals surface area contributed by atoms with E-state index in [9.17, 15) is 9.18 Å². The van der Waals surface area contributed by atoms with E-state index < -0.39 is 0 Å². The quantitative estimate of drug-likeness (QED) is 0.746. The Morgan fingerprint density at radius 1 is 1.37 bits per heavy atom. The predicted octanol–water partition coefficient (Wildman–Crippen LogP) is 4.42. The maximum atomic E-state index is 13.4. The van der Waals surface area contributed by atoms with Crippen LogP contribution in [0.1, 0.15) is 35.7 Å². The standard InChI is InChI=1S/C15H15BrFNO/c1-2-4-14(19)11-7-8-18(9-11)10-12-5-3-6-13(17)15(12)16/h3,5-9H,2,4,10H2,1H3. The van der Waals surface area contributed by atoms with Crippen LogP contribution < -0.4 is 0 Å². The van der Waals surface area contributed by atoms with Crippen LogP contribution in [0.4, 0.5) is 4.39 Å². The molecule has 100 valence electrons. The molecule has 0 aliphatic carbocycles. The largest absolute Gasteiger partial charge is 0.349 e. The van der Waals surface area contributed by atoms with Gasteiger partial charge in [-0.25, -0.2) is 4.39 Å². The molecule has 1 aromatic carbocycles. The summed E-state index contributed by atoms with van der Waals surface area (Å²) in [5, 5.41) is 0. The molecular weight excluding hydrogens is 309 g/mol. The van der Waals surface area contributed by atoms with Gasteiger partial charge in [0, 0.05) is 30.9 Å². The lowest BCUT2D eigenvalue weighted by Gasteiger charge is -2.06. The van der Waals surface area contributed by atoms with E-state index in [1.807, 2.05) is 36.0 Å². The van der Waals surface area contributed by atoms with E-state index in [-0.39, 0.29) is 11.6 Å². The Hall–Kier alpha value is -1.42. The zero-order chi connectivity index (χ0) is 13.8. The highest BCUT2D eigenvalue weighted by molar-refractivity contribution is 9.10. The molecule has 0 N–H and O–H groups in total. The lowest BCUT2D eigenvalue weighted by atomic mass is 10.1. The van der Waals surface area contributed by atoms with Crippen molar-refractivity contribution in [1.82, 2.24) is 4.57 Å². The summed E-state index contributed by atoms with van der Waals surface area (Å²) in [7, 11) is 0. The molecule has 0 saturated heterocycles. The number of nitrogens with zero attached hydrogens (tertiary/aromatic N) is 1. The van der Waals surface area contributed by atoms with Crippen LogP contribution >= 0.6 is 15.9 Å². The Balaban J connectivity index is 2.16. The number of carbonyl (C=O) groups excluding carboxylic acids is 1. The van der Waals surface area contributed by atoms with E-state index in [1.165, 1.54) is 6.07 Å². The Labute approximate surface area is 120 Å². The Kier molecular flexibility index (Phi) is 4.53. The number of hydrogen-bond donors (Lipinski definition) is 0. The second-order valence-electron chi connectivity index (χ2n) is 4.46. The molecule has 1 heterocycles. The van der Waals surface area contributed by atoms with E-state index in [0.717, 1.165) is 17.5 Å². The van der Waals surface area contributed by atoms with Gasteiger partial charge in [-0.15, -0.1) is 0 Å². The minimum Gasteiger partial charge on any atom is -0.349 e. The monoisotopic (exact) mass is 323 g/mol. The number of benzene rings is 1. The van der Waals surface area contributed by atoms with Gasteiger partial charge >= 0.3 is 0 Å². The van der Waals surface area contributed by atoms with Gasteiger partial charge in [-0.05, 0) is 40.0 Å². The average Bonchev–Trinajstić information content (AvgIpc) is 2.84. The fraction of sp³-hybridized carbons (Fsp3) is 0.267. The molecule has 1 aromatic heterocycles. The molecule has 0 radical (unpaired) electrons. The van der Waals surface area contributed by atoms with Crippen LogP contribution in [0.5, 0.6) is 0 Å². The summed E-state index contributed by atoms with van der Waals surface area (Å²) < 4.78 is 15.8. The van der Waals surface area contributed by atoms with Gasteiger partial charge in [0.15, 0.2) is 5.78 Å². The zero-order valence-electron chi connectivity index (χ0n) is 10.7. The van der Waals surface area contributed by atoms with Gasteiger partial charge in [-0.2, -0.15) is 0 Å². The summed E-state index contributed by atoms with van der Waals surface area (Å²) in [4.78, 5) is 11.7. The molecule has 0 unspecified atom stereocenters. The van der Waals surface area contributed by atoms with Gasteiger partial charge in [-0.1, -0.05) is 19.1 Å². The smallest absolute Gasteiger partial charge is 0.164 e. The normalized spacial score (nSPS) is 10.7. The molecule has 4 heteroatoms. The number of carbonyl (C=O) groups is 1. The van der Waals surface area contributed by atoms with Crippen molar-refractivity contribution in [2.24, 2.45) is 0 Å². The molecule has 0 fully saturated rings. The van der Waals surface area contributed by atoms with Crippen LogP contribution in [-0.4, -0.2) is 10.4 Å².